The van der Waals surface area contributed by atoms with E-state index in [1.54, 1.807) is 7.11 Å². The van der Waals surface area contributed by atoms with E-state index in [9.17, 15) is 4.79 Å². The third kappa shape index (κ3) is 5.85. The van der Waals surface area contributed by atoms with E-state index in [1.807, 2.05) is 31.2 Å². The van der Waals surface area contributed by atoms with Gasteiger partial charge in [-0.1, -0.05) is 36.1 Å². The quantitative estimate of drug-likeness (QED) is 0.773. The third-order valence-corrected chi connectivity index (χ3v) is 4.87. The number of rotatable bonds is 7. The topological polar surface area (TPSA) is 41.6 Å². The van der Waals surface area contributed by atoms with Crippen LogP contribution in [0.3, 0.4) is 0 Å². The van der Waals surface area contributed by atoms with Crippen molar-refractivity contribution in [3.05, 3.63) is 29.8 Å². The summed E-state index contributed by atoms with van der Waals surface area (Å²) in [5.41, 5.74) is 1.04. The van der Waals surface area contributed by atoms with E-state index >= 15 is 0 Å². The van der Waals surface area contributed by atoms with Crippen LogP contribution in [0.1, 0.15) is 26.3 Å². The van der Waals surface area contributed by atoms with Gasteiger partial charge in [0, 0.05) is 19.6 Å². The highest BCUT2D eigenvalue weighted by Gasteiger charge is 2.17. The average Bonchev–Trinajstić information content (AvgIpc) is 2.54. The summed E-state index contributed by atoms with van der Waals surface area (Å²) < 4.78 is 5.89. The van der Waals surface area contributed by atoms with Crippen LogP contribution < -0.4 is 10.1 Å². The van der Waals surface area contributed by atoms with Gasteiger partial charge in [0.1, 0.15) is 10.1 Å². The van der Waals surface area contributed by atoms with Crippen LogP contribution in [0.15, 0.2) is 24.3 Å². The molecule has 0 aliphatic carbocycles. The molecule has 0 aliphatic rings. The lowest BCUT2D eigenvalue weighted by molar-refractivity contribution is -0.120. The molecule has 0 aromatic heterocycles. The van der Waals surface area contributed by atoms with Gasteiger partial charge in [-0.25, -0.2) is 0 Å². The SMILES string of the molecule is CCN(CC)C(=S)S[C@@H](C)C(=O)NCc1ccc(OC)cc1. The number of methoxy groups -OCH3 is 1. The minimum atomic E-state index is -0.202. The normalized spacial score (nSPS) is 11.6. The van der Waals surface area contributed by atoms with Gasteiger partial charge in [-0.05, 0) is 38.5 Å². The summed E-state index contributed by atoms with van der Waals surface area (Å²) in [6.45, 7) is 8.23. The van der Waals surface area contributed by atoms with E-state index in [0.29, 0.717) is 6.54 Å². The molecule has 0 radical (unpaired) electrons. The Bertz CT molecular complexity index is 487. The molecule has 22 heavy (non-hydrogen) atoms. The minimum Gasteiger partial charge on any atom is -0.497 e. The molecule has 1 amide bonds. The van der Waals surface area contributed by atoms with Crippen molar-refractivity contribution in [1.29, 1.82) is 0 Å². The van der Waals surface area contributed by atoms with E-state index in [2.05, 4.69) is 24.1 Å². The van der Waals surface area contributed by atoms with Crippen LogP contribution >= 0.6 is 24.0 Å². The van der Waals surface area contributed by atoms with Gasteiger partial charge < -0.3 is 15.0 Å². The Balaban J connectivity index is 2.45. The summed E-state index contributed by atoms with van der Waals surface area (Å²) in [5, 5.41) is 2.74. The molecule has 0 aliphatic heterocycles. The summed E-state index contributed by atoms with van der Waals surface area (Å²) in [6, 6.07) is 7.65. The van der Waals surface area contributed by atoms with Crippen LogP contribution in [0.25, 0.3) is 0 Å². The fourth-order valence-electron chi connectivity index (χ4n) is 1.84. The number of hydrogen-bond acceptors (Lipinski definition) is 4. The number of thiocarbonyl (C=S) groups is 1. The second-order valence-corrected chi connectivity index (χ2v) is 6.74. The number of benzene rings is 1. The minimum absolute atomic E-state index is 0.00433. The summed E-state index contributed by atoms with van der Waals surface area (Å²) in [5.74, 6) is 0.805. The number of amides is 1. The van der Waals surface area contributed by atoms with E-state index in [-0.39, 0.29) is 11.2 Å². The van der Waals surface area contributed by atoms with Gasteiger partial charge in [-0.3, -0.25) is 4.79 Å². The fourth-order valence-corrected chi connectivity index (χ4v) is 3.43. The molecule has 0 heterocycles. The molecule has 0 spiro atoms. The Kier molecular flexibility index (Phi) is 8.27. The first-order valence-corrected chi connectivity index (χ1v) is 8.66. The Morgan fingerprint density at radius 2 is 1.91 bits per heavy atom. The fraction of sp³-hybridized carbons (Fsp3) is 0.500. The van der Waals surface area contributed by atoms with Gasteiger partial charge in [-0.15, -0.1) is 0 Å². The number of nitrogens with zero attached hydrogens (tertiary/aromatic N) is 1. The number of hydrogen-bond donors (Lipinski definition) is 1. The maximum Gasteiger partial charge on any atom is 0.233 e. The average molecular weight is 341 g/mol. The van der Waals surface area contributed by atoms with Crippen molar-refractivity contribution in [1.82, 2.24) is 10.2 Å². The Morgan fingerprint density at radius 3 is 2.41 bits per heavy atom. The summed E-state index contributed by atoms with van der Waals surface area (Å²) in [7, 11) is 1.63. The Labute approximate surface area is 142 Å². The van der Waals surface area contributed by atoms with Crippen LogP contribution in [0.2, 0.25) is 0 Å². The first-order chi connectivity index (χ1) is 10.5. The predicted molar refractivity (Wildman–Crippen MR) is 97.4 cm³/mol. The molecule has 0 unspecified atom stereocenters. The Hall–Kier alpha value is -1.27. The van der Waals surface area contributed by atoms with Crippen LogP contribution in [0, 0.1) is 0 Å². The summed E-state index contributed by atoms with van der Waals surface area (Å²) in [4.78, 5) is 14.2. The molecule has 0 saturated heterocycles. The monoisotopic (exact) mass is 340 g/mol. The molecule has 6 heteroatoms. The maximum absolute atomic E-state index is 12.1. The number of carbonyl (C=O) groups excluding carboxylic acids is 1. The van der Waals surface area contributed by atoms with Crippen molar-refractivity contribution < 1.29 is 9.53 Å². The largest absolute Gasteiger partial charge is 0.497 e. The van der Waals surface area contributed by atoms with E-state index in [0.717, 1.165) is 28.7 Å². The predicted octanol–water partition coefficient (Wildman–Crippen LogP) is 3.06. The molecule has 4 nitrogen and oxygen atoms in total. The molecular formula is C16H24N2O2S2. The van der Waals surface area contributed by atoms with Crippen molar-refractivity contribution in [2.45, 2.75) is 32.6 Å². The van der Waals surface area contributed by atoms with Gasteiger partial charge in [0.25, 0.3) is 0 Å². The lowest BCUT2D eigenvalue weighted by Crippen LogP contribution is -2.34. The van der Waals surface area contributed by atoms with Crippen molar-refractivity contribution in [2.24, 2.45) is 0 Å². The van der Waals surface area contributed by atoms with Crippen LogP contribution in [-0.2, 0) is 11.3 Å². The van der Waals surface area contributed by atoms with Gasteiger partial charge in [0.15, 0.2) is 0 Å². The molecule has 0 fully saturated rings. The molecule has 1 N–H and O–H groups in total. The number of carbonyl (C=O) groups is 1. The lowest BCUT2D eigenvalue weighted by atomic mass is 10.2. The third-order valence-electron chi connectivity index (χ3n) is 3.29. The number of nitrogens with one attached hydrogen (secondary N) is 1. The van der Waals surface area contributed by atoms with Crippen molar-refractivity contribution in [2.75, 3.05) is 20.2 Å². The summed E-state index contributed by atoms with van der Waals surface area (Å²) in [6.07, 6.45) is 0. The van der Waals surface area contributed by atoms with Crippen molar-refractivity contribution in [3.8, 4) is 5.75 Å². The molecule has 0 bridgehead atoms. The first kappa shape index (κ1) is 18.8. The van der Waals surface area contributed by atoms with Crippen molar-refractivity contribution in [3.63, 3.8) is 0 Å². The first-order valence-electron chi connectivity index (χ1n) is 7.38. The highest BCUT2D eigenvalue weighted by atomic mass is 32.2. The van der Waals surface area contributed by atoms with Crippen LogP contribution in [0.5, 0.6) is 5.75 Å². The Morgan fingerprint density at radius 1 is 1.32 bits per heavy atom. The molecule has 1 rings (SSSR count). The van der Waals surface area contributed by atoms with E-state index in [1.165, 1.54) is 11.8 Å². The number of ether oxygens (including phenoxy) is 1. The lowest BCUT2D eigenvalue weighted by Gasteiger charge is -2.22. The van der Waals surface area contributed by atoms with Gasteiger partial charge in [0.05, 0.1) is 12.4 Å². The van der Waals surface area contributed by atoms with E-state index in [4.69, 9.17) is 17.0 Å². The zero-order valence-corrected chi connectivity index (χ0v) is 15.2. The highest BCUT2D eigenvalue weighted by Crippen LogP contribution is 2.17. The highest BCUT2D eigenvalue weighted by molar-refractivity contribution is 8.23. The van der Waals surface area contributed by atoms with Gasteiger partial charge in [-0.2, -0.15) is 0 Å². The number of thioether (sulfide) groups is 1. The summed E-state index contributed by atoms with van der Waals surface area (Å²) >= 11 is 6.80. The maximum atomic E-state index is 12.1. The van der Waals surface area contributed by atoms with E-state index < -0.39 is 0 Å². The second-order valence-electron chi connectivity index (χ2n) is 4.76. The standard InChI is InChI=1S/C16H24N2O2S2/c1-5-18(6-2)16(21)22-12(3)15(19)17-11-13-7-9-14(20-4)10-8-13/h7-10,12H,5-6,11H2,1-4H3,(H,17,19)/t12-/m0/s1. The second kappa shape index (κ2) is 9.69. The smallest absolute Gasteiger partial charge is 0.233 e. The molecule has 1 aromatic carbocycles. The van der Waals surface area contributed by atoms with Crippen LogP contribution in [0.4, 0.5) is 0 Å². The molecule has 0 saturated carbocycles. The molecule has 1 atom stereocenters. The molecular weight excluding hydrogens is 316 g/mol. The van der Waals surface area contributed by atoms with Gasteiger partial charge in [0.2, 0.25) is 5.91 Å². The zero-order chi connectivity index (χ0) is 16.5. The zero-order valence-electron chi connectivity index (χ0n) is 13.6. The molecule has 122 valence electrons. The van der Waals surface area contributed by atoms with Crippen LogP contribution in [-0.4, -0.2) is 40.6 Å². The molecule has 1 aromatic rings. The van der Waals surface area contributed by atoms with Crippen molar-refractivity contribution >= 4 is 34.2 Å². The van der Waals surface area contributed by atoms with Gasteiger partial charge >= 0.3 is 0 Å².